The zero-order valence-electron chi connectivity index (χ0n) is 7.19. The van der Waals surface area contributed by atoms with E-state index in [-0.39, 0.29) is 17.9 Å². The molecule has 0 aromatic carbocycles. The Morgan fingerprint density at radius 3 is 2.62 bits per heavy atom. The monoisotopic (exact) mass is 217 g/mol. The number of nitrogens with two attached hydrogens (primary N) is 1. The molecule has 5 heteroatoms. The summed E-state index contributed by atoms with van der Waals surface area (Å²) in [6, 6.07) is 0. The van der Waals surface area contributed by atoms with Crippen LogP contribution in [0.25, 0.3) is 0 Å². The van der Waals surface area contributed by atoms with E-state index in [9.17, 15) is 0 Å². The normalized spacial score (nSPS) is 41.0. The molecule has 2 bridgehead atoms. The number of halogens is 1. The van der Waals surface area contributed by atoms with Gasteiger partial charge in [0.05, 0.1) is 0 Å². The van der Waals surface area contributed by atoms with Gasteiger partial charge >= 0.3 is 0 Å². The summed E-state index contributed by atoms with van der Waals surface area (Å²) < 4.78 is 0. The van der Waals surface area contributed by atoms with Gasteiger partial charge in [-0.15, -0.1) is 33.9 Å². The van der Waals surface area contributed by atoms with Gasteiger partial charge in [-0.25, -0.2) is 0 Å². The first-order chi connectivity index (χ1) is 5.73. The maximum atomic E-state index is 6.09. The number of hydrogen-bond acceptors (Lipinski definition) is 4. The van der Waals surface area contributed by atoms with E-state index in [1.54, 1.807) is 11.3 Å². The van der Waals surface area contributed by atoms with E-state index in [2.05, 4.69) is 10.2 Å². The van der Waals surface area contributed by atoms with Gasteiger partial charge < -0.3 is 5.73 Å². The van der Waals surface area contributed by atoms with Crippen molar-refractivity contribution in [3.8, 4) is 0 Å². The lowest BCUT2D eigenvalue weighted by Gasteiger charge is -2.43. The Bertz CT molecular complexity index is 305. The number of nitrogens with zero attached hydrogens (tertiary/aromatic N) is 2. The summed E-state index contributed by atoms with van der Waals surface area (Å²) in [7, 11) is 0. The minimum atomic E-state index is 0. The molecule has 1 aromatic rings. The molecule has 3 aliphatic rings. The molecular formula is C8H12ClN3S. The summed E-state index contributed by atoms with van der Waals surface area (Å²) in [5.74, 6) is 0. The van der Waals surface area contributed by atoms with Crippen LogP contribution in [0.3, 0.4) is 0 Å². The van der Waals surface area contributed by atoms with E-state index < -0.39 is 0 Å². The molecule has 2 N–H and O–H groups in total. The summed E-state index contributed by atoms with van der Waals surface area (Å²) in [6.45, 7) is 0. The second kappa shape index (κ2) is 2.65. The van der Waals surface area contributed by atoms with E-state index in [1.807, 2.05) is 5.51 Å². The highest BCUT2D eigenvalue weighted by Gasteiger charge is 2.60. The summed E-state index contributed by atoms with van der Waals surface area (Å²) in [5.41, 5.74) is 8.41. The van der Waals surface area contributed by atoms with Gasteiger partial charge in [0.25, 0.3) is 0 Å². The average Bonchev–Trinajstić information content (AvgIpc) is 2.55. The van der Waals surface area contributed by atoms with Crippen LogP contribution in [0.2, 0.25) is 0 Å². The fourth-order valence-corrected chi connectivity index (χ4v) is 3.58. The van der Waals surface area contributed by atoms with Crippen molar-refractivity contribution in [2.75, 3.05) is 0 Å². The van der Waals surface area contributed by atoms with Crippen LogP contribution < -0.4 is 5.73 Å². The van der Waals surface area contributed by atoms with Crippen LogP contribution in [0.15, 0.2) is 5.51 Å². The van der Waals surface area contributed by atoms with Crippen LogP contribution in [0, 0.1) is 0 Å². The Morgan fingerprint density at radius 1 is 1.38 bits per heavy atom. The van der Waals surface area contributed by atoms with Crippen molar-refractivity contribution >= 4 is 23.7 Å². The van der Waals surface area contributed by atoms with Gasteiger partial charge in [0.2, 0.25) is 0 Å². The lowest BCUT2D eigenvalue weighted by molar-refractivity contribution is 0.198. The summed E-state index contributed by atoms with van der Waals surface area (Å²) in [6.07, 6.45) is 4.66. The highest BCUT2D eigenvalue weighted by atomic mass is 35.5. The number of rotatable bonds is 1. The van der Waals surface area contributed by atoms with Crippen LogP contribution in [0.5, 0.6) is 0 Å². The van der Waals surface area contributed by atoms with E-state index >= 15 is 0 Å². The molecule has 0 saturated heterocycles. The molecule has 72 valence electrons. The van der Waals surface area contributed by atoms with Crippen molar-refractivity contribution in [3.63, 3.8) is 0 Å². The lowest BCUT2D eigenvalue weighted by atomic mass is 9.66. The number of aromatic nitrogens is 2. The molecule has 0 amide bonds. The highest BCUT2D eigenvalue weighted by Crippen LogP contribution is 2.61. The molecule has 0 spiro atoms. The van der Waals surface area contributed by atoms with Crippen molar-refractivity contribution < 1.29 is 0 Å². The second-order valence-corrected chi connectivity index (χ2v) is 5.07. The molecule has 3 saturated carbocycles. The minimum Gasteiger partial charge on any atom is -0.325 e. The maximum Gasteiger partial charge on any atom is 0.123 e. The van der Waals surface area contributed by atoms with Crippen molar-refractivity contribution in [3.05, 3.63) is 10.5 Å². The predicted molar refractivity (Wildman–Crippen MR) is 54.2 cm³/mol. The Kier molecular flexibility index (Phi) is 1.91. The average molecular weight is 218 g/mol. The number of fused-ring (bicyclic) bond motifs is 1. The van der Waals surface area contributed by atoms with Gasteiger partial charge in [-0.2, -0.15) is 0 Å². The molecule has 13 heavy (non-hydrogen) atoms. The zero-order chi connectivity index (χ0) is 8.23. The van der Waals surface area contributed by atoms with Crippen molar-refractivity contribution in [1.82, 2.24) is 10.2 Å². The van der Waals surface area contributed by atoms with Crippen molar-refractivity contribution in [2.24, 2.45) is 5.73 Å². The van der Waals surface area contributed by atoms with Crippen LogP contribution in [0.1, 0.15) is 30.7 Å². The third kappa shape index (κ3) is 1.12. The first-order valence-electron chi connectivity index (χ1n) is 4.28. The Labute approximate surface area is 87.2 Å². The van der Waals surface area contributed by atoms with E-state index in [0.29, 0.717) is 5.41 Å². The first-order valence-corrected chi connectivity index (χ1v) is 5.16. The van der Waals surface area contributed by atoms with E-state index in [1.165, 1.54) is 17.8 Å². The van der Waals surface area contributed by atoms with Gasteiger partial charge in [0.15, 0.2) is 0 Å². The van der Waals surface area contributed by atoms with Gasteiger partial charge in [-0.05, 0) is 25.7 Å². The molecule has 0 aliphatic heterocycles. The predicted octanol–water partition coefficient (Wildman–Crippen LogP) is 1.48. The van der Waals surface area contributed by atoms with E-state index in [4.69, 9.17) is 5.73 Å². The molecular weight excluding hydrogens is 206 g/mol. The minimum absolute atomic E-state index is 0. The van der Waals surface area contributed by atoms with Crippen LogP contribution in [-0.4, -0.2) is 15.7 Å². The van der Waals surface area contributed by atoms with Gasteiger partial charge in [-0.3, -0.25) is 0 Å². The second-order valence-electron chi connectivity index (χ2n) is 4.24. The Balaban J connectivity index is 0.000000653. The van der Waals surface area contributed by atoms with Crippen LogP contribution in [0.4, 0.5) is 0 Å². The van der Waals surface area contributed by atoms with E-state index in [0.717, 1.165) is 12.8 Å². The molecule has 0 atom stereocenters. The Hall–Kier alpha value is -0.190. The standard InChI is InChI=1S/C8H11N3S.ClH/c9-8-2-1-7(3-8,4-8)6-11-10-5-12-6;/h5H,1-4,9H2;1H. The molecule has 3 aliphatic carbocycles. The topological polar surface area (TPSA) is 51.8 Å². The number of hydrogen-bond donors (Lipinski definition) is 1. The Morgan fingerprint density at radius 2 is 2.15 bits per heavy atom. The van der Waals surface area contributed by atoms with Gasteiger partial charge in [-0.1, -0.05) is 0 Å². The lowest BCUT2D eigenvalue weighted by Crippen LogP contribution is -2.52. The molecule has 1 aromatic heterocycles. The van der Waals surface area contributed by atoms with Crippen molar-refractivity contribution in [2.45, 2.75) is 36.6 Å². The van der Waals surface area contributed by atoms with Gasteiger partial charge in [0, 0.05) is 11.0 Å². The third-order valence-electron chi connectivity index (χ3n) is 3.30. The first kappa shape index (κ1) is 9.37. The quantitative estimate of drug-likeness (QED) is 0.776. The molecule has 1 heterocycles. The fraction of sp³-hybridized carbons (Fsp3) is 0.750. The highest BCUT2D eigenvalue weighted by molar-refractivity contribution is 7.09. The SMILES string of the molecule is Cl.NC12CCC(c3nncs3)(C1)C2. The third-order valence-corrected chi connectivity index (χ3v) is 4.23. The molecule has 4 rings (SSSR count). The molecule has 3 nitrogen and oxygen atoms in total. The van der Waals surface area contributed by atoms with Crippen LogP contribution in [-0.2, 0) is 5.41 Å². The molecule has 0 radical (unpaired) electrons. The van der Waals surface area contributed by atoms with Gasteiger partial charge in [0.1, 0.15) is 10.5 Å². The summed E-state index contributed by atoms with van der Waals surface area (Å²) in [5, 5.41) is 9.25. The summed E-state index contributed by atoms with van der Waals surface area (Å²) in [4.78, 5) is 0. The fourth-order valence-electron chi connectivity index (χ4n) is 2.80. The largest absolute Gasteiger partial charge is 0.325 e. The van der Waals surface area contributed by atoms with Crippen molar-refractivity contribution in [1.29, 1.82) is 0 Å². The molecule has 0 unspecified atom stereocenters. The molecule has 3 fully saturated rings. The zero-order valence-corrected chi connectivity index (χ0v) is 8.83. The van der Waals surface area contributed by atoms with Crippen LogP contribution >= 0.6 is 23.7 Å². The smallest absolute Gasteiger partial charge is 0.123 e. The summed E-state index contributed by atoms with van der Waals surface area (Å²) >= 11 is 1.68. The maximum absolute atomic E-state index is 6.09.